The highest BCUT2D eigenvalue weighted by Crippen LogP contribution is 1.81. The Morgan fingerprint density at radius 1 is 1.75 bits per heavy atom. The van der Waals surface area contributed by atoms with Crippen LogP contribution in [-0.2, 0) is 4.79 Å². The van der Waals surface area contributed by atoms with Crippen LogP contribution in [0.3, 0.4) is 0 Å². The van der Waals surface area contributed by atoms with Crippen LogP contribution in [0.5, 0.6) is 0 Å². The molecule has 0 aromatic heterocycles. The van der Waals surface area contributed by atoms with Crippen molar-refractivity contribution in [1.82, 2.24) is 0 Å². The summed E-state index contributed by atoms with van der Waals surface area (Å²) in [6, 6.07) is 0. The molecule has 4 heteroatoms. The largest absolute Gasteiger partial charge is 0.478 e. The van der Waals surface area contributed by atoms with E-state index in [4.69, 9.17) is 16.2 Å². The van der Waals surface area contributed by atoms with E-state index in [-0.39, 0.29) is 5.57 Å². The standard InChI is InChI=1S/C4H6O2.ClH3Si/c1-3(2)4(5)6;1-2/h1H2,2H3,(H,5,6);2H3. The lowest BCUT2D eigenvalue weighted by Crippen LogP contribution is -1.92. The van der Waals surface area contributed by atoms with Gasteiger partial charge in [0.15, 0.2) is 0 Å². The molecular weight excluding hydrogens is 144 g/mol. The van der Waals surface area contributed by atoms with Crippen LogP contribution < -0.4 is 0 Å². The second-order valence-corrected chi connectivity index (χ2v) is 1.09. The minimum atomic E-state index is -0.935. The molecule has 48 valence electrons. The summed E-state index contributed by atoms with van der Waals surface area (Å²) in [4.78, 5) is 9.60. The number of aliphatic carboxylic acids is 1. The zero-order chi connectivity index (χ0) is 7.15. The molecule has 1 N–H and O–H groups in total. The topological polar surface area (TPSA) is 37.3 Å². The van der Waals surface area contributed by atoms with Gasteiger partial charge in [-0.2, -0.15) is 11.1 Å². The Labute approximate surface area is 56.3 Å². The van der Waals surface area contributed by atoms with Gasteiger partial charge in [-0.15, -0.1) is 0 Å². The van der Waals surface area contributed by atoms with Gasteiger partial charge >= 0.3 is 5.97 Å². The first-order chi connectivity index (χ1) is 3.64. The second-order valence-electron chi connectivity index (χ2n) is 1.09. The molecule has 0 aliphatic heterocycles. The summed E-state index contributed by atoms with van der Waals surface area (Å²) in [6.45, 7) is 4.60. The minimum Gasteiger partial charge on any atom is -0.478 e. The third-order valence-corrected chi connectivity index (χ3v) is 0.365. The maximum atomic E-state index is 9.60. The van der Waals surface area contributed by atoms with Crippen molar-refractivity contribution >= 4 is 26.6 Å². The van der Waals surface area contributed by atoms with Crippen LogP contribution in [0, 0.1) is 0 Å². The summed E-state index contributed by atoms with van der Waals surface area (Å²) in [5, 5.41) is 7.89. The van der Waals surface area contributed by atoms with Crippen molar-refractivity contribution in [3.8, 4) is 0 Å². The molecule has 0 rings (SSSR count). The number of carboxylic acid groups (broad SMARTS) is 1. The lowest BCUT2D eigenvalue weighted by Gasteiger charge is -1.79. The molecule has 0 bridgehead atoms. The zero-order valence-corrected chi connectivity index (χ0v) is 7.70. The van der Waals surface area contributed by atoms with Gasteiger partial charge in [-0.1, -0.05) is 6.58 Å². The number of rotatable bonds is 1. The van der Waals surface area contributed by atoms with Gasteiger partial charge in [-0.3, -0.25) is 0 Å². The molecule has 0 aromatic rings. The summed E-state index contributed by atoms with van der Waals surface area (Å²) >= 11 is 4.78. The number of carboxylic acids is 1. The molecule has 0 spiro atoms. The van der Waals surface area contributed by atoms with E-state index in [1.54, 1.807) is 0 Å². The van der Waals surface area contributed by atoms with E-state index < -0.39 is 5.97 Å². The van der Waals surface area contributed by atoms with E-state index in [1.165, 1.54) is 6.92 Å². The van der Waals surface area contributed by atoms with Gasteiger partial charge in [0.25, 0.3) is 0 Å². The zero-order valence-electron chi connectivity index (χ0n) is 4.94. The van der Waals surface area contributed by atoms with E-state index in [1.807, 2.05) is 0 Å². The Kier molecular flexibility index (Phi) is 8.94. The Morgan fingerprint density at radius 3 is 1.88 bits per heavy atom. The lowest BCUT2D eigenvalue weighted by atomic mass is 10.4. The van der Waals surface area contributed by atoms with E-state index in [0.29, 0.717) is 0 Å². The molecule has 0 unspecified atom stereocenters. The van der Waals surface area contributed by atoms with Gasteiger partial charge in [0.1, 0.15) is 9.55 Å². The van der Waals surface area contributed by atoms with E-state index in [2.05, 4.69) is 6.58 Å². The Bertz CT molecular complexity index is 80.0. The summed E-state index contributed by atoms with van der Waals surface area (Å²) in [7, 11) is 0.778. The predicted molar refractivity (Wildman–Crippen MR) is 38.2 cm³/mol. The first-order valence-corrected chi connectivity index (χ1v) is 4.93. The number of halogens is 1. The van der Waals surface area contributed by atoms with Crippen molar-refractivity contribution in [1.29, 1.82) is 0 Å². The van der Waals surface area contributed by atoms with Gasteiger partial charge < -0.3 is 5.11 Å². The number of hydrogen-bond donors (Lipinski definition) is 1. The molecule has 2 nitrogen and oxygen atoms in total. The third kappa shape index (κ3) is 9.21. The normalized spacial score (nSPS) is 6.75. The first kappa shape index (κ1) is 10.7. The average Bonchev–Trinajstić information content (AvgIpc) is 1.72. The Hall–Kier alpha value is -0.283. The molecule has 8 heavy (non-hydrogen) atoms. The van der Waals surface area contributed by atoms with E-state index in [9.17, 15) is 4.79 Å². The number of carbonyl (C=O) groups is 1. The maximum absolute atomic E-state index is 9.60. The van der Waals surface area contributed by atoms with Crippen LogP contribution in [0.15, 0.2) is 12.2 Å². The van der Waals surface area contributed by atoms with E-state index >= 15 is 0 Å². The van der Waals surface area contributed by atoms with Crippen molar-refractivity contribution in [2.75, 3.05) is 0 Å². The lowest BCUT2D eigenvalue weighted by molar-refractivity contribution is -0.132. The summed E-state index contributed by atoms with van der Waals surface area (Å²) < 4.78 is 0. The van der Waals surface area contributed by atoms with Gasteiger partial charge in [0.05, 0.1) is 0 Å². The SMILES string of the molecule is C=C(C)C(=O)O.[SiH3]Cl. The fourth-order valence-electron chi connectivity index (χ4n) is 0. The highest BCUT2D eigenvalue weighted by Gasteiger charge is 1.90. The molecule has 0 aliphatic rings. The van der Waals surface area contributed by atoms with Crippen LogP contribution in [-0.4, -0.2) is 20.6 Å². The van der Waals surface area contributed by atoms with Gasteiger partial charge in [-0.25, -0.2) is 4.79 Å². The summed E-state index contributed by atoms with van der Waals surface area (Å²) in [5.74, 6) is -0.935. The molecule has 0 saturated heterocycles. The van der Waals surface area contributed by atoms with Crippen molar-refractivity contribution in [3.63, 3.8) is 0 Å². The van der Waals surface area contributed by atoms with Crippen molar-refractivity contribution in [3.05, 3.63) is 12.2 Å². The second kappa shape index (κ2) is 6.72. The molecule has 0 radical (unpaired) electrons. The minimum absolute atomic E-state index is 0.176. The smallest absolute Gasteiger partial charge is 0.330 e. The third-order valence-electron chi connectivity index (χ3n) is 0.365. The summed E-state index contributed by atoms with van der Waals surface area (Å²) in [5.41, 5.74) is 0.176. The van der Waals surface area contributed by atoms with Crippen LogP contribution in [0.1, 0.15) is 6.92 Å². The molecule has 0 aromatic carbocycles. The Balaban J connectivity index is 0. The van der Waals surface area contributed by atoms with Gasteiger partial charge in [0.2, 0.25) is 0 Å². The molecule has 0 fully saturated rings. The predicted octanol–water partition coefficient (Wildman–Crippen LogP) is 0.153. The molecule has 0 heterocycles. The average molecular weight is 153 g/mol. The monoisotopic (exact) mass is 152 g/mol. The summed E-state index contributed by atoms with van der Waals surface area (Å²) in [6.07, 6.45) is 0. The van der Waals surface area contributed by atoms with E-state index in [0.717, 1.165) is 9.55 Å². The first-order valence-electron chi connectivity index (χ1n) is 1.91. The van der Waals surface area contributed by atoms with Gasteiger partial charge in [0, 0.05) is 5.57 Å². The fraction of sp³-hybridized carbons (Fsp3) is 0.250. The van der Waals surface area contributed by atoms with Crippen LogP contribution in [0.2, 0.25) is 0 Å². The van der Waals surface area contributed by atoms with Crippen molar-refractivity contribution in [2.24, 2.45) is 0 Å². The number of hydrogen-bond acceptors (Lipinski definition) is 1. The fourth-order valence-corrected chi connectivity index (χ4v) is 0. The quantitative estimate of drug-likeness (QED) is 0.330. The molecule has 0 atom stereocenters. The van der Waals surface area contributed by atoms with Gasteiger partial charge in [-0.05, 0) is 6.92 Å². The molecule has 0 saturated carbocycles. The maximum Gasteiger partial charge on any atom is 0.330 e. The van der Waals surface area contributed by atoms with Crippen LogP contribution in [0.4, 0.5) is 0 Å². The highest BCUT2D eigenvalue weighted by atomic mass is 35.6. The van der Waals surface area contributed by atoms with Crippen LogP contribution in [0.25, 0.3) is 0 Å². The molecule has 0 aliphatic carbocycles. The molecular formula is C4H9ClO2Si. The van der Waals surface area contributed by atoms with Crippen LogP contribution >= 0.6 is 11.1 Å². The molecule has 0 amide bonds. The van der Waals surface area contributed by atoms with Crippen molar-refractivity contribution < 1.29 is 9.90 Å². The highest BCUT2D eigenvalue weighted by molar-refractivity contribution is 6.80. The van der Waals surface area contributed by atoms with Crippen molar-refractivity contribution in [2.45, 2.75) is 6.92 Å². The Morgan fingerprint density at radius 2 is 1.88 bits per heavy atom.